The molecule has 0 spiro atoms. The van der Waals surface area contributed by atoms with Crippen LogP contribution in [0.1, 0.15) is 46.0 Å². The van der Waals surface area contributed by atoms with Crippen molar-refractivity contribution in [2.75, 3.05) is 13.1 Å². The summed E-state index contributed by atoms with van der Waals surface area (Å²) in [4.78, 5) is 33.5. The van der Waals surface area contributed by atoms with Crippen LogP contribution in [0.3, 0.4) is 0 Å². The van der Waals surface area contributed by atoms with Crippen LogP contribution in [-0.2, 0) is 9.59 Å². The SMILES string of the molecule is C[C@@H](O)[C@H]1C(=O)N2C(C(=O)O)=C(SC3CCN(C4CCC(N=C(N)N)CC4)C3)[C@H](C)[C@H]12. The van der Waals surface area contributed by atoms with Gasteiger partial charge in [0.2, 0.25) is 5.91 Å². The molecule has 2 saturated heterocycles. The number of nitrogens with zero attached hydrogens (tertiary/aromatic N) is 3. The lowest BCUT2D eigenvalue weighted by atomic mass is 9.79. The van der Waals surface area contributed by atoms with Crippen molar-refractivity contribution in [3.05, 3.63) is 10.6 Å². The number of amides is 1. The number of β-lactam (4-membered cyclic amide) rings is 1. The number of guanidine groups is 1. The summed E-state index contributed by atoms with van der Waals surface area (Å²) < 4.78 is 0. The number of likely N-dealkylation sites (tertiary alicyclic amines) is 1. The van der Waals surface area contributed by atoms with Gasteiger partial charge in [-0.2, -0.15) is 0 Å². The van der Waals surface area contributed by atoms with Crippen LogP contribution in [0, 0.1) is 11.8 Å². The number of aliphatic imine (C=N–C) groups is 1. The predicted octanol–water partition coefficient (Wildman–Crippen LogP) is 0.532. The van der Waals surface area contributed by atoms with Crippen LogP contribution in [0.4, 0.5) is 0 Å². The standard InChI is InChI=1S/C21H33N5O4S/c1-10-16-15(11(2)27)19(28)26(16)17(20(29)30)18(10)31-14-7-8-25(9-14)13-5-3-12(4-6-13)24-21(22)23/h10-16,27H,3-9H2,1-2H3,(H,29,30)(H4,22,23,24)/t10-,11-,12?,13?,14?,15-,16-/m1/s1. The number of carbonyl (C=O) groups excluding carboxylic acids is 1. The van der Waals surface area contributed by atoms with Crippen LogP contribution in [0.2, 0.25) is 0 Å². The molecule has 0 radical (unpaired) electrons. The second-order valence-electron chi connectivity index (χ2n) is 9.31. The van der Waals surface area contributed by atoms with Crippen molar-refractivity contribution < 1.29 is 19.8 Å². The van der Waals surface area contributed by atoms with Crippen LogP contribution in [0.5, 0.6) is 0 Å². The molecule has 3 heterocycles. The number of aliphatic hydroxyl groups excluding tert-OH is 1. The third-order valence-electron chi connectivity index (χ3n) is 7.30. The van der Waals surface area contributed by atoms with E-state index in [1.165, 1.54) is 4.90 Å². The van der Waals surface area contributed by atoms with Gasteiger partial charge in [0.05, 0.1) is 24.1 Å². The summed E-state index contributed by atoms with van der Waals surface area (Å²) in [6.07, 6.45) is 4.34. The maximum absolute atomic E-state index is 12.5. The summed E-state index contributed by atoms with van der Waals surface area (Å²) in [6.45, 7) is 5.51. The van der Waals surface area contributed by atoms with Crippen LogP contribution in [0.15, 0.2) is 15.6 Å². The first-order chi connectivity index (χ1) is 14.7. The number of hydrogen-bond acceptors (Lipinski definition) is 6. The quantitative estimate of drug-likeness (QED) is 0.260. The summed E-state index contributed by atoms with van der Waals surface area (Å²) in [5, 5.41) is 20.1. The monoisotopic (exact) mass is 451 g/mol. The normalized spacial score (nSPS) is 36.9. The van der Waals surface area contributed by atoms with Gasteiger partial charge in [-0.05, 0) is 45.6 Å². The van der Waals surface area contributed by atoms with E-state index in [2.05, 4.69) is 9.89 Å². The maximum Gasteiger partial charge on any atom is 0.353 e. The molecule has 1 amide bonds. The summed E-state index contributed by atoms with van der Waals surface area (Å²) in [6, 6.07) is 0.496. The Balaban J connectivity index is 1.39. The number of carboxylic acids is 1. The highest BCUT2D eigenvalue weighted by molar-refractivity contribution is 8.03. The molecule has 4 rings (SSSR count). The second kappa shape index (κ2) is 8.63. The highest BCUT2D eigenvalue weighted by Gasteiger charge is 2.60. The Kier molecular flexibility index (Phi) is 6.24. The molecule has 6 N–H and O–H groups in total. The molecule has 10 heteroatoms. The fourth-order valence-corrected chi connectivity index (χ4v) is 7.30. The lowest BCUT2D eigenvalue weighted by Crippen LogP contribution is -2.63. The minimum Gasteiger partial charge on any atom is -0.477 e. The fraction of sp³-hybridized carbons (Fsp3) is 0.762. The van der Waals surface area contributed by atoms with Gasteiger partial charge in [0.15, 0.2) is 5.96 Å². The number of rotatable bonds is 6. The number of aliphatic carboxylic acids is 1. The van der Waals surface area contributed by atoms with E-state index in [9.17, 15) is 19.8 Å². The van der Waals surface area contributed by atoms with Gasteiger partial charge in [0, 0.05) is 28.7 Å². The van der Waals surface area contributed by atoms with Crippen molar-refractivity contribution in [1.82, 2.24) is 9.80 Å². The zero-order valence-electron chi connectivity index (χ0n) is 18.1. The van der Waals surface area contributed by atoms with Gasteiger partial charge < -0.3 is 26.6 Å². The molecule has 1 aliphatic carbocycles. The lowest BCUT2D eigenvalue weighted by molar-refractivity contribution is -0.163. The number of thioether (sulfide) groups is 1. The summed E-state index contributed by atoms with van der Waals surface area (Å²) >= 11 is 1.63. The van der Waals surface area contributed by atoms with E-state index in [1.54, 1.807) is 18.7 Å². The summed E-state index contributed by atoms with van der Waals surface area (Å²) in [5.41, 5.74) is 11.1. The fourth-order valence-electron chi connectivity index (χ4n) is 5.80. The lowest BCUT2D eigenvalue weighted by Gasteiger charge is -2.46. The largest absolute Gasteiger partial charge is 0.477 e. The third kappa shape index (κ3) is 4.05. The summed E-state index contributed by atoms with van der Waals surface area (Å²) in [7, 11) is 0. The molecule has 0 aromatic heterocycles. The van der Waals surface area contributed by atoms with Gasteiger partial charge >= 0.3 is 5.97 Å². The molecule has 0 aromatic carbocycles. The molecule has 172 valence electrons. The molecule has 5 atom stereocenters. The Morgan fingerprint density at radius 2 is 1.90 bits per heavy atom. The number of hydrogen-bond donors (Lipinski definition) is 4. The van der Waals surface area contributed by atoms with Gasteiger partial charge in [0.25, 0.3) is 0 Å². The smallest absolute Gasteiger partial charge is 0.353 e. The average Bonchev–Trinajstić information content (AvgIpc) is 3.24. The van der Waals surface area contributed by atoms with E-state index >= 15 is 0 Å². The Hall–Kier alpha value is -1.78. The van der Waals surface area contributed by atoms with Gasteiger partial charge in [-0.25, -0.2) is 4.79 Å². The maximum atomic E-state index is 12.5. The molecule has 4 aliphatic rings. The number of carboxylic acid groups (broad SMARTS) is 1. The van der Waals surface area contributed by atoms with E-state index in [4.69, 9.17) is 11.5 Å². The molecule has 3 fully saturated rings. The molecule has 1 saturated carbocycles. The van der Waals surface area contributed by atoms with Crippen molar-refractivity contribution in [3.63, 3.8) is 0 Å². The number of carbonyl (C=O) groups is 2. The third-order valence-corrected chi connectivity index (χ3v) is 8.83. The topological polar surface area (TPSA) is 145 Å². The van der Waals surface area contributed by atoms with Gasteiger partial charge in [-0.15, -0.1) is 11.8 Å². The number of aliphatic hydroxyl groups is 1. The minimum atomic E-state index is -1.05. The Bertz CT molecular complexity index is 804. The highest BCUT2D eigenvalue weighted by atomic mass is 32.2. The zero-order chi connectivity index (χ0) is 22.4. The van der Waals surface area contributed by atoms with Gasteiger partial charge in [-0.1, -0.05) is 6.92 Å². The highest BCUT2D eigenvalue weighted by Crippen LogP contribution is 2.52. The van der Waals surface area contributed by atoms with E-state index in [0.29, 0.717) is 11.3 Å². The Morgan fingerprint density at radius 1 is 1.23 bits per heavy atom. The van der Waals surface area contributed by atoms with Crippen LogP contribution in [-0.4, -0.2) is 80.4 Å². The zero-order valence-corrected chi connectivity index (χ0v) is 18.9. The Labute approximate surface area is 186 Å². The predicted molar refractivity (Wildman–Crippen MR) is 119 cm³/mol. The van der Waals surface area contributed by atoms with E-state index in [1.807, 2.05) is 6.92 Å². The van der Waals surface area contributed by atoms with Crippen molar-refractivity contribution in [2.45, 2.75) is 75.4 Å². The first-order valence-electron chi connectivity index (χ1n) is 11.2. The van der Waals surface area contributed by atoms with Crippen LogP contribution < -0.4 is 11.5 Å². The van der Waals surface area contributed by atoms with Crippen molar-refractivity contribution >= 4 is 29.6 Å². The van der Waals surface area contributed by atoms with Gasteiger partial charge in [-0.3, -0.25) is 14.7 Å². The van der Waals surface area contributed by atoms with E-state index in [0.717, 1.165) is 50.1 Å². The van der Waals surface area contributed by atoms with Crippen molar-refractivity contribution in [2.24, 2.45) is 28.3 Å². The molecular weight excluding hydrogens is 418 g/mol. The first-order valence-corrected chi connectivity index (χ1v) is 12.0. The number of nitrogens with two attached hydrogens (primary N) is 2. The molecule has 31 heavy (non-hydrogen) atoms. The van der Waals surface area contributed by atoms with E-state index in [-0.39, 0.29) is 35.6 Å². The van der Waals surface area contributed by atoms with Crippen molar-refractivity contribution in [1.29, 1.82) is 0 Å². The molecule has 3 aliphatic heterocycles. The molecule has 0 aromatic rings. The van der Waals surface area contributed by atoms with Crippen LogP contribution in [0.25, 0.3) is 0 Å². The molecule has 0 bridgehead atoms. The van der Waals surface area contributed by atoms with Crippen LogP contribution >= 0.6 is 11.8 Å². The molecule has 9 nitrogen and oxygen atoms in total. The average molecular weight is 452 g/mol. The molecular formula is C21H33N5O4S. The Morgan fingerprint density at radius 3 is 2.48 bits per heavy atom. The first kappa shape index (κ1) is 22.4. The minimum absolute atomic E-state index is 0.0718. The molecule has 1 unspecified atom stereocenters. The number of fused-ring (bicyclic) bond motifs is 1. The van der Waals surface area contributed by atoms with Gasteiger partial charge in [0.1, 0.15) is 5.70 Å². The second-order valence-corrected chi connectivity index (χ2v) is 10.7. The van der Waals surface area contributed by atoms with Crippen molar-refractivity contribution in [3.8, 4) is 0 Å². The summed E-state index contributed by atoms with van der Waals surface area (Å²) in [5.74, 6) is -1.75. The van der Waals surface area contributed by atoms with E-state index < -0.39 is 18.0 Å².